The van der Waals surface area contributed by atoms with Gasteiger partial charge in [-0.05, 0) is 67.3 Å². The minimum Gasteiger partial charge on any atom is -0.493 e. The van der Waals surface area contributed by atoms with Gasteiger partial charge >= 0.3 is 0 Å². The summed E-state index contributed by atoms with van der Waals surface area (Å²) in [4.78, 5) is 29.3. The maximum atomic E-state index is 13.8. The summed E-state index contributed by atoms with van der Waals surface area (Å²) < 4.78 is 17.7. The van der Waals surface area contributed by atoms with Crippen molar-refractivity contribution in [2.24, 2.45) is 5.92 Å². The molecule has 184 valence electrons. The summed E-state index contributed by atoms with van der Waals surface area (Å²) in [6.45, 7) is 8.59. The van der Waals surface area contributed by atoms with Gasteiger partial charge in [0.1, 0.15) is 5.58 Å². The molecule has 1 aliphatic heterocycles. The van der Waals surface area contributed by atoms with Crippen molar-refractivity contribution in [1.82, 2.24) is 0 Å². The number of ether oxygens (including phenoxy) is 2. The van der Waals surface area contributed by atoms with Gasteiger partial charge in [-0.2, -0.15) is 0 Å². The SMILES string of the molecule is COc1cc(C2c3c(oc4ccc(C)cc4c3=O)C(=O)N2c2cccc(C)c2)ccc1OCC(C)C. The lowest BCUT2D eigenvalue weighted by Gasteiger charge is -2.26. The normalized spacial score (nSPS) is 15.0. The van der Waals surface area contributed by atoms with E-state index < -0.39 is 6.04 Å². The van der Waals surface area contributed by atoms with E-state index in [9.17, 15) is 9.59 Å². The van der Waals surface area contributed by atoms with Gasteiger partial charge in [-0.25, -0.2) is 0 Å². The van der Waals surface area contributed by atoms with Crippen molar-refractivity contribution in [3.8, 4) is 11.5 Å². The summed E-state index contributed by atoms with van der Waals surface area (Å²) in [6, 6.07) is 18.0. The average Bonchev–Trinajstić information content (AvgIpc) is 3.15. The Kier molecular flexibility index (Phi) is 6.04. The van der Waals surface area contributed by atoms with Crippen LogP contribution in [0.2, 0.25) is 0 Å². The van der Waals surface area contributed by atoms with Gasteiger partial charge in [0.05, 0.1) is 30.7 Å². The highest BCUT2D eigenvalue weighted by Crippen LogP contribution is 2.43. The van der Waals surface area contributed by atoms with Crippen LogP contribution in [0.5, 0.6) is 11.5 Å². The topological polar surface area (TPSA) is 69.0 Å². The first-order chi connectivity index (χ1) is 17.3. The van der Waals surface area contributed by atoms with Crippen molar-refractivity contribution in [2.75, 3.05) is 18.6 Å². The van der Waals surface area contributed by atoms with E-state index >= 15 is 0 Å². The zero-order valence-corrected chi connectivity index (χ0v) is 21.1. The van der Waals surface area contributed by atoms with Crippen LogP contribution in [0, 0.1) is 19.8 Å². The summed E-state index contributed by atoms with van der Waals surface area (Å²) in [5, 5.41) is 0.460. The first-order valence-corrected chi connectivity index (χ1v) is 12.1. The molecule has 5 rings (SSSR count). The van der Waals surface area contributed by atoms with Gasteiger partial charge in [-0.15, -0.1) is 0 Å². The van der Waals surface area contributed by atoms with Gasteiger partial charge in [0.15, 0.2) is 16.9 Å². The fraction of sp³-hybridized carbons (Fsp3) is 0.267. The molecule has 6 nitrogen and oxygen atoms in total. The number of amides is 1. The molecule has 0 N–H and O–H groups in total. The number of nitrogens with zero attached hydrogens (tertiary/aromatic N) is 1. The van der Waals surface area contributed by atoms with Crippen LogP contribution in [0.15, 0.2) is 69.9 Å². The molecule has 0 saturated carbocycles. The second kappa shape index (κ2) is 9.19. The number of carbonyl (C=O) groups excluding carboxylic acids is 1. The van der Waals surface area contributed by atoms with Crippen LogP contribution in [0.4, 0.5) is 5.69 Å². The molecule has 3 aromatic carbocycles. The van der Waals surface area contributed by atoms with E-state index in [0.29, 0.717) is 46.2 Å². The smallest absolute Gasteiger partial charge is 0.295 e. The van der Waals surface area contributed by atoms with Gasteiger partial charge in [0.2, 0.25) is 5.76 Å². The Balaban J connectivity index is 1.74. The fourth-order valence-electron chi connectivity index (χ4n) is 4.68. The zero-order chi connectivity index (χ0) is 25.6. The lowest BCUT2D eigenvalue weighted by molar-refractivity contribution is 0.0971. The second-order valence-electron chi connectivity index (χ2n) is 9.71. The van der Waals surface area contributed by atoms with E-state index in [1.54, 1.807) is 18.1 Å². The third kappa shape index (κ3) is 4.02. The van der Waals surface area contributed by atoms with Crippen LogP contribution in [-0.2, 0) is 0 Å². The Morgan fingerprint density at radius 3 is 2.44 bits per heavy atom. The Morgan fingerprint density at radius 1 is 0.944 bits per heavy atom. The lowest BCUT2D eigenvalue weighted by atomic mass is 9.97. The summed E-state index contributed by atoms with van der Waals surface area (Å²) in [7, 11) is 1.58. The molecule has 0 radical (unpaired) electrons. The maximum Gasteiger partial charge on any atom is 0.295 e. The average molecular weight is 484 g/mol. The molecule has 1 aromatic heterocycles. The highest BCUT2D eigenvalue weighted by atomic mass is 16.5. The first-order valence-electron chi connectivity index (χ1n) is 12.1. The molecule has 1 atom stereocenters. The van der Waals surface area contributed by atoms with Gasteiger partial charge < -0.3 is 13.9 Å². The molecule has 36 heavy (non-hydrogen) atoms. The molecular formula is C30H29NO5. The minimum atomic E-state index is -0.677. The largest absolute Gasteiger partial charge is 0.493 e. The summed E-state index contributed by atoms with van der Waals surface area (Å²) in [6.07, 6.45) is 0. The predicted molar refractivity (Wildman–Crippen MR) is 140 cm³/mol. The maximum absolute atomic E-state index is 13.8. The highest BCUT2D eigenvalue weighted by molar-refractivity contribution is 6.10. The van der Waals surface area contributed by atoms with Gasteiger partial charge in [0.25, 0.3) is 5.91 Å². The highest BCUT2D eigenvalue weighted by Gasteiger charge is 2.44. The van der Waals surface area contributed by atoms with Crippen molar-refractivity contribution < 1.29 is 18.7 Å². The Labute approximate surface area is 210 Å². The monoisotopic (exact) mass is 483 g/mol. The number of aryl methyl sites for hydroxylation is 2. The molecule has 1 amide bonds. The summed E-state index contributed by atoms with van der Waals surface area (Å²) in [5.74, 6) is 1.23. The second-order valence-corrected chi connectivity index (χ2v) is 9.71. The van der Waals surface area contributed by atoms with Crippen molar-refractivity contribution in [1.29, 1.82) is 0 Å². The summed E-state index contributed by atoms with van der Waals surface area (Å²) in [5.41, 5.74) is 3.90. The molecule has 0 bridgehead atoms. The number of hydrogen-bond acceptors (Lipinski definition) is 5. The lowest BCUT2D eigenvalue weighted by Crippen LogP contribution is -2.29. The van der Waals surface area contributed by atoms with Crippen molar-refractivity contribution in [3.05, 3.63) is 98.9 Å². The number of benzene rings is 3. The first kappa shape index (κ1) is 23.7. The fourth-order valence-corrected chi connectivity index (χ4v) is 4.68. The third-order valence-corrected chi connectivity index (χ3v) is 6.38. The Morgan fingerprint density at radius 2 is 1.72 bits per heavy atom. The van der Waals surface area contributed by atoms with Crippen LogP contribution < -0.4 is 19.8 Å². The molecule has 1 unspecified atom stereocenters. The standard InChI is InChI=1S/C30H29NO5/c1-17(2)16-35-24-12-10-20(15-25(24)34-5)27-26-28(32)22-14-19(4)9-11-23(22)36-29(26)30(33)31(27)21-8-6-7-18(3)13-21/h6-15,17,27H,16H2,1-5H3. The molecule has 0 aliphatic carbocycles. The predicted octanol–water partition coefficient (Wildman–Crippen LogP) is 6.20. The van der Waals surface area contributed by atoms with Crippen LogP contribution in [0.1, 0.15) is 52.7 Å². The van der Waals surface area contributed by atoms with Crippen LogP contribution in [0.3, 0.4) is 0 Å². The zero-order valence-electron chi connectivity index (χ0n) is 21.1. The third-order valence-electron chi connectivity index (χ3n) is 6.38. The molecule has 4 aromatic rings. The molecule has 1 aliphatic rings. The van der Waals surface area contributed by atoms with E-state index in [2.05, 4.69) is 13.8 Å². The number of anilines is 1. The number of methoxy groups -OCH3 is 1. The molecule has 0 saturated heterocycles. The quantitative estimate of drug-likeness (QED) is 0.326. The van der Waals surface area contributed by atoms with Crippen molar-refractivity contribution >= 4 is 22.6 Å². The molecular weight excluding hydrogens is 454 g/mol. The van der Waals surface area contributed by atoms with E-state index in [1.807, 2.05) is 68.4 Å². The van der Waals surface area contributed by atoms with Crippen LogP contribution in [0.25, 0.3) is 11.0 Å². The number of fused-ring (bicyclic) bond motifs is 2. The molecule has 2 heterocycles. The van der Waals surface area contributed by atoms with E-state index in [4.69, 9.17) is 13.9 Å². The molecule has 0 spiro atoms. The van der Waals surface area contributed by atoms with Gasteiger partial charge in [-0.3, -0.25) is 14.5 Å². The number of hydrogen-bond donors (Lipinski definition) is 0. The van der Waals surface area contributed by atoms with E-state index in [-0.39, 0.29) is 17.1 Å². The van der Waals surface area contributed by atoms with Gasteiger partial charge in [-0.1, -0.05) is 43.7 Å². The van der Waals surface area contributed by atoms with E-state index in [1.165, 1.54) is 0 Å². The van der Waals surface area contributed by atoms with Crippen molar-refractivity contribution in [2.45, 2.75) is 33.7 Å². The minimum absolute atomic E-state index is 0.0713. The van der Waals surface area contributed by atoms with Crippen LogP contribution in [-0.4, -0.2) is 19.6 Å². The number of rotatable bonds is 6. The van der Waals surface area contributed by atoms with Crippen molar-refractivity contribution in [3.63, 3.8) is 0 Å². The number of carbonyl (C=O) groups is 1. The Bertz CT molecular complexity index is 1530. The van der Waals surface area contributed by atoms with Crippen LogP contribution >= 0.6 is 0 Å². The Hall–Kier alpha value is -4.06. The molecule has 0 fully saturated rings. The molecule has 6 heteroatoms. The van der Waals surface area contributed by atoms with E-state index in [0.717, 1.165) is 16.7 Å². The summed E-state index contributed by atoms with van der Waals surface area (Å²) >= 11 is 0. The van der Waals surface area contributed by atoms with Gasteiger partial charge in [0, 0.05) is 5.69 Å².